The van der Waals surface area contributed by atoms with E-state index >= 15 is 0 Å². The third-order valence-corrected chi connectivity index (χ3v) is 5.45. The number of nitrogens with zero attached hydrogens (tertiary/aromatic N) is 1. The summed E-state index contributed by atoms with van der Waals surface area (Å²) >= 11 is 8.52. The molecule has 6 nitrogen and oxygen atoms in total. The Balaban J connectivity index is 1.92. The average Bonchev–Trinajstić information content (AvgIpc) is 2.75. The Labute approximate surface area is 198 Å². The zero-order chi connectivity index (χ0) is 23.3. The molecule has 1 N–H and O–H groups in total. The number of carbonyl (C=O) groups excluding carboxylic acids is 2. The quantitative estimate of drug-likeness (QED) is 0.243. The highest BCUT2D eigenvalue weighted by atomic mass is 79.9. The minimum atomic E-state index is -0.586. The van der Waals surface area contributed by atoms with Crippen molar-refractivity contribution in [3.8, 4) is 11.5 Å². The molecule has 0 saturated carbocycles. The van der Waals surface area contributed by atoms with Gasteiger partial charge in [-0.15, -0.1) is 6.58 Å². The standard InChI is InChI=1S/C23H20BrFN2O4S/c1-3-8-27-22(29)17(21(28)26-23(27)32)10-15-11-19(30-4-2)20(12-18(15)24)31-13-14-6-5-7-16(25)9-14/h3,5-7,9-12H,1,4,8,13H2,2H3,(H,26,28,32)/b17-10+. The molecular formula is C23H20BrFN2O4S. The molecule has 1 aliphatic heterocycles. The summed E-state index contributed by atoms with van der Waals surface area (Å²) in [7, 11) is 0. The first-order valence-corrected chi connectivity index (χ1v) is 10.9. The molecule has 0 spiro atoms. The zero-order valence-electron chi connectivity index (χ0n) is 17.2. The van der Waals surface area contributed by atoms with E-state index in [0.717, 1.165) is 0 Å². The molecule has 0 aliphatic carbocycles. The van der Waals surface area contributed by atoms with E-state index < -0.39 is 11.8 Å². The number of nitrogens with one attached hydrogen (secondary N) is 1. The van der Waals surface area contributed by atoms with E-state index in [9.17, 15) is 14.0 Å². The molecule has 2 amide bonds. The van der Waals surface area contributed by atoms with Gasteiger partial charge in [-0.25, -0.2) is 4.39 Å². The van der Waals surface area contributed by atoms with E-state index in [1.54, 1.807) is 24.3 Å². The van der Waals surface area contributed by atoms with Gasteiger partial charge in [0.25, 0.3) is 11.8 Å². The van der Waals surface area contributed by atoms with Crippen LogP contribution in [0.4, 0.5) is 4.39 Å². The highest BCUT2D eigenvalue weighted by Gasteiger charge is 2.32. The van der Waals surface area contributed by atoms with Gasteiger partial charge >= 0.3 is 0 Å². The van der Waals surface area contributed by atoms with Gasteiger partial charge in [-0.2, -0.15) is 0 Å². The summed E-state index contributed by atoms with van der Waals surface area (Å²) in [6.45, 7) is 6.11. The van der Waals surface area contributed by atoms with Crippen LogP contribution in [-0.4, -0.2) is 35.0 Å². The third-order valence-electron chi connectivity index (χ3n) is 4.44. The molecule has 32 heavy (non-hydrogen) atoms. The molecule has 0 bridgehead atoms. The molecule has 9 heteroatoms. The minimum absolute atomic E-state index is 0.0345. The SMILES string of the molecule is C=CCN1C(=O)/C(=C/c2cc(OCC)c(OCc3cccc(F)c3)cc2Br)C(=O)NC1=S. The van der Waals surface area contributed by atoms with Crippen molar-refractivity contribution in [2.45, 2.75) is 13.5 Å². The number of thiocarbonyl (C=S) groups is 1. The van der Waals surface area contributed by atoms with Crippen LogP contribution in [0.25, 0.3) is 6.08 Å². The van der Waals surface area contributed by atoms with Gasteiger partial charge in [0.1, 0.15) is 18.0 Å². The maximum Gasteiger partial charge on any atom is 0.265 e. The molecule has 0 radical (unpaired) electrons. The normalized spacial score (nSPS) is 15.0. The fourth-order valence-electron chi connectivity index (χ4n) is 2.97. The fraction of sp³-hybridized carbons (Fsp3) is 0.174. The van der Waals surface area contributed by atoms with E-state index in [0.29, 0.717) is 33.7 Å². The zero-order valence-corrected chi connectivity index (χ0v) is 19.6. The van der Waals surface area contributed by atoms with Gasteiger partial charge in [0.05, 0.1) is 6.61 Å². The highest BCUT2D eigenvalue weighted by molar-refractivity contribution is 9.10. The first-order chi connectivity index (χ1) is 15.3. The van der Waals surface area contributed by atoms with Crippen LogP contribution in [-0.2, 0) is 16.2 Å². The topological polar surface area (TPSA) is 67.9 Å². The van der Waals surface area contributed by atoms with E-state index in [4.69, 9.17) is 21.7 Å². The van der Waals surface area contributed by atoms with Gasteiger partial charge in [0.15, 0.2) is 16.6 Å². The first-order valence-electron chi connectivity index (χ1n) is 9.67. The van der Waals surface area contributed by atoms with Gasteiger partial charge in [-0.05, 0) is 60.6 Å². The third kappa shape index (κ3) is 5.41. The van der Waals surface area contributed by atoms with Gasteiger partial charge in [0, 0.05) is 11.0 Å². The molecule has 1 heterocycles. The molecule has 166 valence electrons. The molecule has 3 rings (SSSR count). The Morgan fingerprint density at radius 3 is 2.66 bits per heavy atom. The first kappa shape index (κ1) is 23.6. The number of hydrogen-bond acceptors (Lipinski definition) is 5. The van der Waals surface area contributed by atoms with E-state index in [-0.39, 0.29) is 29.7 Å². The van der Waals surface area contributed by atoms with E-state index in [1.165, 1.54) is 29.2 Å². The number of hydrogen-bond donors (Lipinski definition) is 1. The average molecular weight is 519 g/mol. The molecule has 1 fully saturated rings. The monoisotopic (exact) mass is 518 g/mol. The lowest BCUT2D eigenvalue weighted by Gasteiger charge is -2.27. The van der Waals surface area contributed by atoms with Crippen molar-refractivity contribution in [1.29, 1.82) is 0 Å². The minimum Gasteiger partial charge on any atom is -0.490 e. The molecule has 0 atom stereocenters. The summed E-state index contributed by atoms with van der Waals surface area (Å²) in [6.07, 6.45) is 2.98. The van der Waals surface area contributed by atoms with E-state index in [2.05, 4.69) is 27.8 Å². The highest BCUT2D eigenvalue weighted by Crippen LogP contribution is 2.35. The second-order valence-corrected chi connectivity index (χ2v) is 7.93. The Hall–Kier alpha value is -3.04. The van der Waals surface area contributed by atoms with Crippen LogP contribution < -0.4 is 14.8 Å². The molecule has 1 saturated heterocycles. The van der Waals surface area contributed by atoms with Crippen LogP contribution in [0, 0.1) is 5.82 Å². The van der Waals surface area contributed by atoms with Crippen molar-refractivity contribution in [2.75, 3.05) is 13.2 Å². The summed E-state index contributed by atoms with van der Waals surface area (Å²) in [6, 6.07) is 9.45. The summed E-state index contributed by atoms with van der Waals surface area (Å²) in [5, 5.41) is 2.54. The number of halogens is 2. The molecule has 0 aromatic heterocycles. The van der Waals surface area contributed by atoms with Gasteiger partial charge in [-0.1, -0.05) is 34.1 Å². The van der Waals surface area contributed by atoms with Crippen LogP contribution in [0.15, 0.2) is 59.1 Å². The maximum atomic E-state index is 13.4. The summed E-state index contributed by atoms with van der Waals surface area (Å²) in [5.41, 5.74) is 1.13. The van der Waals surface area contributed by atoms with Crippen molar-refractivity contribution < 1.29 is 23.5 Å². The largest absolute Gasteiger partial charge is 0.490 e. The van der Waals surface area contributed by atoms with E-state index in [1.807, 2.05) is 6.92 Å². The van der Waals surface area contributed by atoms with Crippen LogP contribution in [0.1, 0.15) is 18.1 Å². The number of ether oxygens (including phenoxy) is 2. The molecule has 0 unspecified atom stereocenters. The number of benzene rings is 2. The molecule has 2 aromatic carbocycles. The second-order valence-electron chi connectivity index (χ2n) is 6.69. The predicted octanol–water partition coefficient (Wildman–Crippen LogP) is 4.38. The Bertz CT molecular complexity index is 1120. The molecule has 1 aliphatic rings. The van der Waals surface area contributed by atoms with Crippen LogP contribution in [0.5, 0.6) is 11.5 Å². The smallest absolute Gasteiger partial charge is 0.265 e. The van der Waals surface area contributed by atoms with Gasteiger partial charge in [-0.3, -0.25) is 19.8 Å². The van der Waals surface area contributed by atoms with Gasteiger partial charge in [0.2, 0.25) is 0 Å². The lowest BCUT2D eigenvalue weighted by atomic mass is 10.1. The van der Waals surface area contributed by atoms with Crippen molar-refractivity contribution in [3.63, 3.8) is 0 Å². The van der Waals surface area contributed by atoms with Crippen LogP contribution >= 0.6 is 28.1 Å². The fourth-order valence-corrected chi connectivity index (χ4v) is 3.66. The summed E-state index contributed by atoms with van der Waals surface area (Å²) in [4.78, 5) is 26.4. The molecular weight excluding hydrogens is 499 g/mol. The lowest BCUT2D eigenvalue weighted by molar-refractivity contribution is -0.128. The Morgan fingerprint density at radius 1 is 1.22 bits per heavy atom. The Kier molecular flexibility index (Phi) is 7.76. The van der Waals surface area contributed by atoms with Crippen LogP contribution in [0.3, 0.4) is 0 Å². The lowest BCUT2D eigenvalue weighted by Crippen LogP contribution is -2.53. The second kappa shape index (κ2) is 10.5. The van der Waals surface area contributed by atoms with Crippen molar-refractivity contribution >= 4 is 51.2 Å². The number of rotatable bonds is 8. The maximum absolute atomic E-state index is 13.4. The predicted molar refractivity (Wildman–Crippen MR) is 127 cm³/mol. The Morgan fingerprint density at radius 2 is 1.97 bits per heavy atom. The van der Waals surface area contributed by atoms with Crippen LogP contribution in [0.2, 0.25) is 0 Å². The summed E-state index contributed by atoms with van der Waals surface area (Å²) < 4.78 is 25.5. The number of amides is 2. The van der Waals surface area contributed by atoms with Gasteiger partial charge < -0.3 is 9.47 Å². The number of carbonyl (C=O) groups is 2. The van der Waals surface area contributed by atoms with Crippen molar-refractivity contribution in [3.05, 3.63) is 76.0 Å². The van der Waals surface area contributed by atoms with Crippen molar-refractivity contribution in [2.24, 2.45) is 0 Å². The molecule has 2 aromatic rings. The summed E-state index contributed by atoms with van der Waals surface area (Å²) in [5.74, 6) is -0.605. The van der Waals surface area contributed by atoms with Crippen molar-refractivity contribution in [1.82, 2.24) is 10.2 Å².